The predicted octanol–water partition coefficient (Wildman–Crippen LogP) is 1.14. The normalized spacial score (nSPS) is 26.1. The minimum absolute atomic E-state index is 0.0688. The van der Waals surface area contributed by atoms with E-state index in [4.69, 9.17) is 0 Å². The zero-order chi connectivity index (χ0) is 10.8. The second-order valence-electron chi connectivity index (χ2n) is 4.17. The molecule has 0 aliphatic carbocycles. The topological polar surface area (TPSA) is 41.1 Å². The fourth-order valence-electron chi connectivity index (χ4n) is 1.88. The van der Waals surface area contributed by atoms with Crippen LogP contribution in [0, 0.1) is 6.92 Å². The van der Waals surface area contributed by atoms with Gasteiger partial charge in [-0.2, -0.15) is 0 Å². The van der Waals surface area contributed by atoms with Crippen LogP contribution in [0.3, 0.4) is 0 Å². The van der Waals surface area contributed by atoms with Crippen LogP contribution >= 0.6 is 0 Å². The standard InChI is InChI=1S/C12H16N2O/c1-8-4-3-5-10(6-8)11-12(15)14-9(2)7-13-11/h3-6,9,11,13H,7H2,1-2H3,(H,14,15)/t9-,11+/m1/s1. The van der Waals surface area contributed by atoms with Gasteiger partial charge in [0.25, 0.3) is 0 Å². The molecule has 2 rings (SSSR count). The Morgan fingerprint density at radius 1 is 1.40 bits per heavy atom. The number of piperazine rings is 1. The molecule has 1 fully saturated rings. The summed E-state index contributed by atoms with van der Waals surface area (Å²) in [5.74, 6) is 0.0688. The highest BCUT2D eigenvalue weighted by Crippen LogP contribution is 2.16. The van der Waals surface area contributed by atoms with Gasteiger partial charge >= 0.3 is 0 Å². The zero-order valence-corrected chi connectivity index (χ0v) is 9.08. The molecule has 1 saturated heterocycles. The van der Waals surface area contributed by atoms with E-state index in [2.05, 4.69) is 10.6 Å². The Bertz CT molecular complexity index is 376. The molecule has 2 N–H and O–H groups in total. The van der Waals surface area contributed by atoms with E-state index in [1.807, 2.05) is 38.1 Å². The van der Waals surface area contributed by atoms with Gasteiger partial charge in [0.05, 0.1) is 0 Å². The van der Waals surface area contributed by atoms with E-state index in [-0.39, 0.29) is 18.0 Å². The molecule has 1 amide bonds. The molecule has 1 aliphatic heterocycles. The van der Waals surface area contributed by atoms with E-state index < -0.39 is 0 Å². The quantitative estimate of drug-likeness (QED) is 0.720. The molecule has 1 heterocycles. The lowest BCUT2D eigenvalue weighted by molar-refractivity contribution is -0.125. The largest absolute Gasteiger partial charge is 0.351 e. The van der Waals surface area contributed by atoms with Crippen LogP contribution in [0.1, 0.15) is 24.1 Å². The lowest BCUT2D eigenvalue weighted by atomic mass is 10.0. The van der Waals surface area contributed by atoms with Gasteiger partial charge in [0.15, 0.2) is 0 Å². The summed E-state index contributed by atoms with van der Waals surface area (Å²) >= 11 is 0. The highest BCUT2D eigenvalue weighted by Gasteiger charge is 2.26. The molecule has 0 aromatic heterocycles. The van der Waals surface area contributed by atoms with Crippen LogP contribution in [-0.2, 0) is 4.79 Å². The van der Waals surface area contributed by atoms with Crippen molar-refractivity contribution in [1.82, 2.24) is 10.6 Å². The van der Waals surface area contributed by atoms with Crippen LogP contribution in [0.2, 0.25) is 0 Å². The monoisotopic (exact) mass is 204 g/mol. The van der Waals surface area contributed by atoms with E-state index in [1.165, 1.54) is 5.56 Å². The van der Waals surface area contributed by atoms with E-state index in [0.29, 0.717) is 0 Å². The van der Waals surface area contributed by atoms with Crippen LogP contribution in [0.15, 0.2) is 24.3 Å². The first-order valence-corrected chi connectivity index (χ1v) is 5.27. The molecule has 3 heteroatoms. The first-order valence-electron chi connectivity index (χ1n) is 5.27. The third-order valence-electron chi connectivity index (χ3n) is 2.65. The van der Waals surface area contributed by atoms with Crippen molar-refractivity contribution in [3.8, 4) is 0 Å². The number of carbonyl (C=O) groups is 1. The van der Waals surface area contributed by atoms with Crippen LogP contribution in [-0.4, -0.2) is 18.5 Å². The van der Waals surface area contributed by atoms with Crippen molar-refractivity contribution in [2.45, 2.75) is 25.9 Å². The summed E-state index contributed by atoms with van der Waals surface area (Å²) < 4.78 is 0. The number of rotatable bonds is 1. The fraction of sp³-hybridized carbons (Fsp3) is 0.417. The molecule has 0 bridgehead atoms. The van der Waals surface area contributed by atoms with Crippen LogP contribution in [0.4, 0.5) is 0 Å². The molecular weight excluding hydrogens is 188 g/mol. The SMILES string of the molecule is Cc1cccc([C@@H]2NC[C@@H](C)NC2=O)c1. The average Bonchev–Trinajstić information content (AvgIpc) is 2.17. The van der Waals surface area contributed by atoms with Gasteiger partial charge in [0.2, 0.25) is 5.91 Å². The molecular formula is C12H16N2O. The average molecular weight is 204 g/mol. The van der Waals surface area contributed by atoms with E-state index >= 15 is 0 Å². The van der Waals surface area contributed by atoms with Crippen LogP contribution in [0.25, 0.3) is 0 Å². The summed E-state index contributed by atoms with van der Waals surface area (Å²) in [5, 5.41) is 6.20. The fourth-order valence-corrected chi connectivity index (χ4v) is 1.88. The molecule has 1 aromatic carbocycles. The summed E-state index contributed by atoms with van der Waals surface area (Å²) in [5.41, 5.74) is 2.22. The summed E-state index contributed by atoms with van der Waals surface area (Å²) in [6, 6.07) is 8.08. The number of hydrogen-bond donors (Lipinski definition) is 2. The van der Waals surface area contributed by atoms with Crippen molar-refractivity contribution in [3.63, 3.8) is 0 Å². The van der Waals surface area contributed by atoms with Crippen molar-refractivity contribution < 1.29 is 4.79 Å². The maximum absolute atomic E-state index is 11.7. The third-order valence-corrected chi connectivity index (χ3v) is 2.65. The maximum Gasteiger partial charge on any atom is 0.241 e. The Morgan fingerprint density at radius 2 is 2.20 bits per heavy atom. The van der Waals surface area contributed by atoms with E-state index in [0.717, 1.165) is 12.1 Å². The summed E-state index contributed by atoms with van der Waals surface area (Å²) in [6.07, 6.45) is 0. The van der Waals surface area contributed by atoms with Crippen molar-refractivity contribution >= 4 is 5.91 Å². The van der Waals surface area contributed by atoms with Crippen molar-refractivity contribution in [1.29, 1.82) is 0 Å². The molecule has 2 atom stereocenters. The van der Waals surface area contributed by atoms with Crippen molar-refractivity contribution in [3.05, 3.63) is 35.4 Å². The first-order chi connectivity index (χ1) is 7.16. The lowest BCUT2D eigenvalue weighted by Crippen LogP contribution is -2.52. The van der Waals surface area contributed by atoms with E-state index in [9.17, 15) is 4.79 Å². The van der Waals surface area contributed by atoms with Crippen molar-refractivity contribution in [2.24, 2.45) is 0 Å². The smallest absolute Gasteiger partial charge is 0.241 e. The number of nitrogens with one attached hydrogen (secondary N) is 2. The molecule has 1 aromatic rings. The first kappa shape index (κ1) is 10.2. The van der Waals surface area contributed by atoms with Crippen LogP contribution < -0.4 is 10.6 Å². The third kappa shape index (κ3) is 2.18. The number of benzene rings is 1. The van der Waals surface area contributed by atoms with Gasteiger partial charge in [-0.25, -0.2) is 0 Å². The molecule has 15 heavy (non-hydrogen) atoms. The second kappa shape index (κ2) is 4.03. The number of aryl methyl sites for hydroxylation is 1. The van der Waals surface area contributed by atoms with Crippen molar-refractivity contribution in [2.75, 3.05) is 6.54 Å². The Labute approximate surface area is 89.9 Å². The minimum Gasteiger partial charge on any atom is -0.351 e. The summed E-state index contributed by atoms with van der Waals surface area (Å²) in [7, 11) is 0. The second-order valence-corrected chi connectivity index (χ2v) is 4.17. The highest BCUT2D eigenvalue weighted by atomic mass is 16.2. The molecule has 0 saturated carbocycles. The zero-order valence-electron chi connectivity index (χ0n) is 9.08. The van der Waals surface area contributed by atoms with Gasteiger partial charge in [-0.1, -0.05) is 29.8 Å². The van der Waals surface area contributed by atoms with Gasteiger partial charge in [-0.3, -0.25) is 4.79 Å². The molecule has 3 nitrogen and oxygen atoms in total. The van der Waals surface area contributed by atoms with Gasteiger partial charge in [0, 0.05) is 12.6 Å². The Hall–Kier alpha value is -1.35. The van der Waals surface area contributed by atoms with Crippen LogP contribution in [0.5, 0.6) is 0 Å². The highest BCUT2D eigenvalue weighted by molar-refractivity contribution is 5.84. The summed E-state index contributed by atoms with van der Waals surface area (Å²) in [6.45, 7) is 4.86. The molecule has 80 valence electrons. The number of amides is 1. The maximum atomic E-state index is 11.7. The Morgan fingerprint density at radius 3 is 2.87 bits per heavy atom. The molecule has 0 radical (unpaired) electrons. The minimum atomic E-state index is -0.193. The lowest BCUT2D eigenvalue weighted by Gasteiger charge is -2.28. The number of carbonyl (C=O) groups excluding carboxylic acids is 1. The Kier molecular flexibility index (Phi) is 2.73. The van der Waals surface area contributed by atoms with Gasteiger partial charge in [-0.15, -0.1) is 0 Å². The van der Waals surface area contributed by atoms with Gasteiger partial charge in [-0.05, 0) is 19.4 Å². The van der Waals surface area contributed by atoms with E-state index in [1.54, 1.807) is 0 Å². The van der Waals surface area contributed by atoms with Gasteiger partial charge < -0.3 is 10.6 Å². The number of hydrogen-bond acceptors (Lipinski definition) is 2. The Balaban J connectivity index is 2.20. The molecule has 0 spiro atoms. The molecule has 1 aliphatic rings. The van der Waals surface area contributed by atoms with Gasteiger partial charge in [0.1, 0.15) is 6.04 Å². The predicted molar refractivity (Wildman–Crippen MR) is 59.5 cm³/mol. The summed E-state index contributed by atoms with van der Waals surface area (Å²) in [4.78, 5) is 11.7. The molecule has 0 unspecified atom stereocenters.